The molecule has 70 heavy (non-hydrogen) atoms. The molecule has 400 valence electrons. The number of hydrogen-bond acceptors (Lipinski definition) is 16. The number of nitrogens with two attached hydrogens (primary N) is 2. The first kappa shape index (κ1) is 63.6. The van der Waals surface area contributed by atoms with Gasteiger partial charge in [-0.25, -0.2) is 9.59 Å². The third kappa shape index (κ3) is 23.3. The fraction of sp³-hybridized carbons (Fsp3) is 0.738. The first-order chi connectivity index (χ1) is 32.3. The Hall–Kier alpha value is -6.39. The zero-order valence-electron chi connectivity index (χ0n) is 41.3. The highest BCUT2D eigenvalue weighted by molar-refractivity contribution is 5.98. The van der Waals surface area contributed by atoms with E-state index >= 15 is 0 Å². The van der Waals surface area contributed by atoms with Crippen molar-refractivity contribution < 1.29 is 78.2 Å². The summed E-state index contributed by atoms with van der Waals surface area (Å²) >= 11 is 0. The summed E-state index contributed by atoms with van der Waals surface area (Å²) in [5, 5.41) is 78.3. The highest BCUT2D eigenvalue weighted by Crippen LogP contribution is 2.14. The molecule has 1 unspecified atom stereocenters. The molecule has 0 radical (unpaired) electrons. The smallest absolute Gasteiger partial charge is 0.408 e. The van der Waals surface area contributed by atoms with Crippen LogP contribution in [-0.4, -0.2) is 177 Å². The molecule has 28 heteroatoms. The quantitative estimate of drug-likeness (QED) is 0.0181. The van der Waals surface area contributed by atoms with Crippen LogP contribution in [0.5, 0.6) is 0 Å². The molecule has 0 aromatic heterocycles. The lowest BCUT2D eigenvalue weighted by Crippen LogP contribution is -2.62. The summed E-state index contributed by atoms with van der Waals surface area (Å²) in [6.07, 6.45) is -6.23. The minimum absolute atomic E-state index is 0.0141. The van der Waals surface area contributed by atoms with Gasteiger partial charge in [0.25, 0.3) is 0 Å². The number of aliphatic hydroxyl groups is 4. The molecule has 0 spiro atoms. The highest BCUT2D eigenvalue weighted by Gasteiger charge is 2.39. The Morgan fingerprint density at radius 1 is 0.643 bits per heavy atom. The Bertz CT molecular complexity index is 1830. The van der Waals surface area contributed by atoms with Crippen molar-refractivity contribution in [2.24, 2.45) is 29.2 Å². The van der Waals surface area contributed by atoms with E-state index in [-0.39, 0.29) is 44.1 Å². The van der Waals surface area contributed by atoms with Gasteiger partial charge in [-0.3, -0.25) is 43.8 Å². The van der Waals surface area contributed by atoms with Gasteiger partial charge in [0.05, 0.1) is 25.4 Å². The molecule has 0 rings (SSSR count). The average Bonchev–Trinajstić information content (AvgIpc) is 3.24. The van der Waals surface area contributed by atoms with Crippen molar-refractivity contribution in [1.29, 1.82) is 5.41 Å². The molecule has 0 saturated heterocycles. The molecule has 0 aromatic carbocycles. The number of hydrogen-bond donors (Lipinski definition) is 17. The lowest BCUT2D eigenvalue weighted by molar-refractivity contribution is -0.145. The number of primary amides is 1. The van der Waals surface area contributed by atoms with Gasteiger partial charge in [0.15, 0.2) is 12.1 Å². The first-order valence-corrected chi connectivity index (χ1v) is 22.6. The number of aliphatic hydroxyl groups excluding tert-OH is 4. The van der Waals surface area contributed by atoms with Crippen molar-refractivity contribution in [3.8, 4) is 0 Å². The van der Waals surface area contributed by atoms with Crippen molar-refractivity contribution in [2.75, 3.05) is 19.7 Å². The Labute approximate surface area is 406 Å². The summed E-state index contributed by atoms with van der Waals surface area (Å²) in [4.78, 5) is 130. The Morgan fingerprint density at radius 3 is 1.63 bits per heavy atom. The van der Waals surface area contributed by atoms with E-state index in [0.29, 0.717) is 0 Å². The maximum absolute atomic E-state index is 14.1. The van der Waals surface area contributed by atoms with Gasteiger partial charge in [0, 0.05) is 6.54 Å². The number of carbonyl (C=O) groups excluding carboxylic acids is 9. The normalized spacial score (nSPS) is 16.1. The van der Waals surface area contributed by atoms with E-state index in [1.54, 1.807) is 67.6 Å². The molecular formula is C42H76N12O16. The lowest BCUT2D eigenvalue weighted by Gasteiger charge is -2.31. The van der Waals surface area contributed by atoms with Gasteiger partial charge in [0.2, 0.25) is 47.3 Å². The lowest BCUT2D eigenvalue weighted by atomic mass is 9.96. The van der Waals surface area contributed by atoms with Gasteiger partial charge < -0.3 is 89.6 Å². The molecule has 0 fully saturated rings. The van der Waals surface area contributed by atoms with E-state index in [4.69, 9.17) is 26.7 Å². The van der Waals surface area contributed by atoms with Crippen LogP contribution < -0.4 is 59.3 Å². The first-order valence-electron chi connectivity index (χ1n) is 22.6. The van der Waals surface area contributed by atoms with Crippen LogP contribution in [0.15, 0.2) is 0 Å². The SMILES string of the molecule is CC[C@H](C)C(NC(=O)[C@@H](CCCNC(=N)N)NC(=O)[C@H](CC(C)C)NC(=O)[C@@H](NC(=O)OC(C)(C)C)[C@H](O)C(C)C)C(=O)N[C@H](C(=O)NCC(=O)N[C@H](C(=O)N[C@@H](CO)C(=O)O)[C@H](O)C(N)=O)[C@H](C)O. The second-order valence-electron chi connectivity index (χ2n) is 18.4. The number of carboxylic acid groups (broad SMARTS) is 1. The monoisotopic (exact) mass is 1000 g/mol. The Kier molecular flexibility index (Phi) is 27.5. The number of ether oxygens (including phenoxy) is 1. The molecule has 0 aliphatic rings. The molecule has 28 nitrogen and oxygen atoms in total. The van der Waals surface area contributed by atoms with E-state index < -0.39 is 151 Å². The van der Waals surface area contributed by atoms with Gasteiger partial charge in [-0.15, -0.1) is 0 Å². The van der Waals surface area contributed by atoms with E-state index in [0.717, 1.165) is 6.92 Å². The van der Waals surface area contributed by atoms with Gasteiger partial charge in [0.1, 0.15) is 47.9 Å². The Balaban J connectivity index is 6.55. The summed E-state index contributed by atoms with van der Waals surface area (Å²) < 4.78 is 5.28. The largest absolute Gasteiger partial charge is 0.480 e. The van der Waals surface area contributed by atoms with Gasteiger partial charge in [-0.05, 0) is 64.7 Å². The second-order valence-corrected chi connectivity index (χ2v) is 18.4. The zero-order chi connectivity index (χ0) is 54.4. The number of amides is 9. The zero-order valence-corrected chi connectivity index (χ0v) is 41.3. The number of carbonyl (C=O) groups is 10. The Morgan fingerprint density at radius 2 is 1.16 bits per heavy atom. The molecule has 0 aliphatic carbocycles. The average molecular weight is 1010 g/mol. The van der Waals surface area contributed by atoms with Crippen LogP contribution in [0.4, 0.5) is 4.79 Å². The minimum atomic E-state index is -2.41. The van der Waals surface area contributed by atoms with Crippen molar-refractivity contribution in [2.45, 2.75) is 161 Å². The molecule has 9 amide bonds. The van der Waals surface area contributed by atoms with Crippen LogP contribution in [-0.2, 0) is 47.9 Å². The van der Waals surface area contributed by atoms with Crippen LogP contribution in [0, 0.1) is 23.2 Å². The van der Waals surface area contributed by atoms with E-state index in [1.807, 2.05) is 5.32 Å². The maximum atomic E-state index is 14.1. The fourth-order valence-electron chi connectivity index (χ4n) is 6.17. The number of carboxylic acids is 1. The molecular weight excluding hydrogens is 929 g/mol. The van der Waals surface area contributed by atoms with Gasteiger partial charge in [-0.2, -0.15) is 0 Å². The van der Waals surface area contributed by atoms with Gasteiger partial charge in [-0.1, -0.05) is 48.0 Å². The second kappa shape index (κ2) is 30.3. The summed E-state index contributed by atoms with van der Waals surface area (Å²) in [6.45, 7) is 13.8. The van der Waals surface area contributed by atoms with Crippen molar-refractivity contribution in [3.63, 3.8) is 0 Å². The summed E-state index contributed by atoms with van der Waals surface area (Å²) in [5.41, 5.74) is 9.50. The molecule has 0 saturated carbocycles. The minimum Gasteiger partial charge on any atom is -0.480 e. The molecule has 0 bridgehead atoms. The topological polar surface area (TPSA) is 465 Å². The van der Waals surface area contributed by atoms with E-state index in [2.05, 4.69) is 37.2 Å². The van der Waals surface area contributed by atoms with Gasteiger partial charge >= 0.3 is 12.1 Å². The van der Waals surface area contributed by atoms with E-state index in [1.165, 1.54) is 0 Å². The summed E-state index contributed by atoms with van der Waals surface area (Å²) in [6, 6.07) is -11.7. The van der Waals surface area contributed by atoms with Crippen LogP contribution in [0.25, 0.3) is 0 Å². The molecule has 0 heterocycles. The van der Waals surface area contributed by atoms with Crippen molar-refractivity contribution in [1.82, 2.24) is 47.9 Å². The number of aliphatic carboxylic acids is 1. The van der Waals surface area contributed by atoms with E-state index in [9.17, 15) is 68.4 Å². The molecule has 0 aromatic rings. The number of nitrogens with one attached hydrogen (secondary N) is 10. The number of rotatable bonds is 30. The summed E-state index contributed by atoms with van der Waals surface area (Å²) in [7, 11) is 0. The predicted molar refractivity (Wildman–Crippen MR) is 248 cm³/mol. The maximum Gasteiger partial charge on any atom is 0.408 e. The molecule has 11 atom stereocenters. The molecule has 0 aliphatic heterocycles. The van der Waals surface area contributed by atoms with Crippen LogP contribution in [0.1, 0.15) is 94.9 Å². The third-order valence-electron chi connectivity index (χ3n) is 10.2. The van der Waals surface area contributed by atoms with Crippen molar-refractivity contribution >= 4 is 65.3 Å². The highest BCUT2D eigenvalue weighted by atomic mass is 16.6. The molecule has 19 N–H and O–H groups in total. The van der Waals surface area contributed by atoms with Crippen LogP contribution in [0.2, 0.25) is 0 Å². The summed E-state index contributed by atoms with van der Waals surface area (Å²) in [5.74, 6) is -12.6. The van der Waals surface area contributed by atoms with Crippen LogP contribution >= 0.6 is 0 Å². The van der Waals surface area contributed by atoms with Crippen LogP contribution in [0.3, 0.4) is 0 Å². The third-order valence-corrected chi connectivity index (χ3v) is 10.2. The number of guanidine groups is 1. The number of alkyl carbamates (subject to hydrolysis) is 1. The fourth-order valence-corrected chi connectivity index (χ4v) is 6.17. The van der Waals surface area contributed by atoms with Crippen molar-refractivity contribution in [3.05, 3.63) is 0 Å². The standard InChI is InChI=1S/C42H76N12O16/c1-11-20(6)26(36(64)53-27(21(7)56)35(63)47-16-25(57)51-29(31(59)32(43)60)38(66)50-24(17-55)39(67)68)52-33(61)22(13-12-14-46-40(44)45)48-34(62)23(15-18(2)3)49-37(65)28(30(58)19(4)5)54-41(69)70-42(8,9)10/h18-24,26-31,55-56,58-59H,11-17H2,1-10H3,(H2,43,60)(H,47,63)(H,48,62)(H,49,65)(H,50,66)(H,51,57)(H,52,61)(H,53,64)(H,54,69)(H,67,68)(H4,44,45,46)/t20-,21-,22+,23-,24-,26?,27-,28-,29-,30+,31-/m0/s1. The predicted octanol–water partition coefficient (Wildman–Crippen LogP) is -5.42.